The van der Waals surface area contributed by atoms with E-state index in [1.165, 1.54) is 11.1 Å². The highest BCUT2D eigenvalue weighted by Crippen LogP contribution is 2.34. The molecule has 10 rings (SSSR count). The van der Waals surface area contributed by atoms with Crippen molar-refractivity contribution in [2.75, 3.05) is 77.0 Å². The van der Waals surface area contributed by atoms with E-state index in [-0.39, 0.29) is 42.4 Å². The lowest BCUT2D eigenvalue weighted by atomic mass is 9.86. The van der Waals surface area contributed by atoms with Gasteiger partial charge in [0.1, 0.15) is 47.2 Å². The lowest BCUT2D eigenvalue weighted by Gasteiger charge is -2.46. The average molecular weight is 998 g/mol. The zero-order valence-corrected chi connectivity index (χ0v) is 40.7. The number of ether oxygens (including phenoxy) is 2. The number of anilines is 1. The molecule has 5 aliphatic heterocycles. The number of nitrogens with zero attached hydrogens (tertiary/aromatic N) is 9. The van der Waals surface area contributed by atoms with Crippen LogP contribution in [0.5, 0.6) is 11.5 Å². The third-order valence-electron chi connectivity index (χ3n) is 14.9. The minimum Gasteiger partial charge on any atom is -0.492 e. The third-order valence-corrected chi connectivity index (χ3v) is 14.9. The van der Waals surface area contributed by atoms with E-state index in [0.29, 0.717) is 113 Å². The fourth-order valence-corrected chi connectivity index (χ4v) is 10.9. The minimum absolute atomic E-state index is 0.0246. The normalized spacial score (nSPS) is 19.7. The molecule has 4 saturated heterocycles. The van der Waals surface area contributed by atoms with Crippen LogP contribution in [-0.2, 0) is 20.9 Å². The van der Waals surface area contributed by atoms with Crippen molar-refractivity contribution in [2.24, 2.45) is 0 Å². The molecule has 0 saturated carbocycles. The van der Waals surface area contributed by atoms with E-state index < -0.39 is 35.0 Å². The van der Waals surface area contributed by atoms with E-state index in [0.717, 1.165) is 66.6 Å². The molecule has 1 atom stereocenters. The van der Waals surface area contributed by atoms with Crippen LogP contribution in [0.1, 0.15) is 83.7 Å². The van der Waals surface area contributed by atoms with E-state index in [1.807, 2.05) is 36.1 Å². The van der Waals surface area contributed by atoms with Crippen LogP contribution in [0.3, 0.4) is 0 Å². The molecule has 2 N–H and O–H groups in total. The summed E-state index contributed by atoms with van der Waals surface area (Å²) in [5.41, 5.74) is 2.81. The third kappa shape index (κ3) is 10.6. The molecular formula is C53H57F2N11O7. The molecule has 8 heterocycles. The van der Waals surface area contributed by atoms with Gasteiger partial charge < -0.3 is 34.4 Å². The number of amides is 5. The Kier molecular flexibility index (Phi) is 14.1. The summed E-state index contributed by atoms with van der Waals surface area (Å²) in [6.45, 7) is 8.52. The summed E-state index contributed by atoms with van der Waals surface area (Å²) in [7, 11) is 0. The topological polar surface area (TPSA) is 198 Å². The van der Waals surface area contributed by atoms with E-state index in [1.54, 1.807) is 29.0 Å². The number of nitriles is 1. The molecular weight excluding hydrogens is 941 g/mol. The van der Waals surface area contributed by atoms with Gasteiger partial charge in [0.05, 0.1) is 41.2 Å². The molecule has 3 aromatic heterocycles. The highest BCUT2D eigenvalue weighted by atomic mass is 19.1. The summed E-state index contributed by atoms with van der Waals surface area (Å²) < 4.78 is 43.0. The van der Waals surface area contributed by atoms with E-state index in [9.17, 15) is 38.0 Å². The Morgan fingerprint density at radius 2 is 1.68 bits per heavy atom. The van der Waals surface area contributed by atoms with Crippen LogP contribution in [0, 0.1) is 23.0 Å². The summed E-state index contributed by atoms with van der Waals surface area (Å²) in [5, 5.41) is 19.6. The van der Waals surface area contributed by atoms with Crippen LogP contribution in [0.2, 0.25) is 0 Å². The summed E-state index contributed by atoms with van der Waals surface area (Å²) >= 11 is 0. The SMILES string of the molecule is CCOc1cc(-c2ccc(N3CCC(CN4CCN(C(=O)CCN5CCC(Oc6ccc7c(c6)CN(C6CCC(=O)NC6=O)C7=O)CC5)CC4)(NC(=O)c4cc(F)ccc4F)CC3)nc2)c2c(C#N)cnn2c1. The fraction of sp³-hybridized carbons (Fsp3) is 0.434. The number of rotatable bonds is 14. The standard InChI is InChI=1S/C53H57F2N11O7/c1-2-72-40-27-42(49-36(28-56)30-58-66(49)32-40)34-3-9-46(57-29-34)63-19-14-53(15-20-63,60-50(69)43-26-37(54)4-7-44(43)55)33-62-21-23-64(24-22-62)48(68)13-18-61-16-11-38(12-17-61)73-39-5-6-41-35(25-39)31-65(52(41)71)45-8-10-47(67)59-51(45)70/h3-7,9,25-27,29-30,32,38,45H,2,8,10-24,31,33H2,1H3,(H,60,69)(H,59,67,70). The van der Waals surface area contributed by atoms with Gasteiger partial charge in [0.25, 0.3) is 11.8 Å². The van der Waals surface area contributed by atoms with Crippen LogP contribution in [0.15, 0.2) is 73.2 Å². The lowest BCUT2D eigenvalue weighted by molar-refractivity contribution is -0.137. The van der Waals surface area contributed by atoms with Gasteiger partial charge in [0, 0.05) is 108 Å². The van der Waals surface area contributed by atoms with Crippen molar-refractivity contribution in [1.29, 1.82) is 5.26 Å². The molecule has 1 unspecified atom stereocenters. The van der Waals surface area contributed by atoms with Gasteiger partial charge in [-0.15, -0.1) is 0 Å². The summed E-state index contributed by atoms with van der Waals surface area (Å²) in [5.74, 6) is -1.10. The van der Waals surface area contributed by atoms with Crippen molar-refractivity contribution < 1.29 is 42.2 Å². The highest BCUT2D eigenvalue weighted by molar-refractivity contribution is 6.05. The largest absolute Gasteiger partial charge is 0.492 e. The smallest absolute Gasteiger partial charge is 0.255 e. The predicted molar refractivity (Wildman–Crippen MR) is 263 cm³/mol. The first-order valence-electron chi connectivity index (χ1n) is 25.1. The number of aromatic nitrogens is 3. The van der Waals surface area contributed by atoms with Crippen LogP contribution in [0.4, 0.5) is 14.6 Å². The Hall–Kier alpha value is -7.50. The molecule has 0 aliphatic carbocycles. The number of nitrogens with one attached hydrogen (secondary N) is 2. The van der Waals surface area contributed by atoms with Gasteiger partial charge in [-0.25, -0.2) is 18.3 Å². The number of benzene rings is 2. The summed E-state index contributed by atoms with van der Waals surface area (Å²) in [6, 6.07) is 15.6. The first-order valence-corrected chi connectivity index (χ1v) is 25.1. The summed E-state index contributed by atoms with van der Waals surface area (Å²) in [6.07, 6.45) is 8.44. The van der Waals surface area contributed by atoms with Crippen LogP contribution in [0.25, 0.3) is 16.6 Å². The molecule has 0 radical (unpaired) electrons. The number of imide groups is 1. The molecule has 20 heteroatoms. The molecule has 5 aromatic rings. The zero-order valence-electron chi connectivity index (χ0n) is 40.7. The Morgan fingerprint density at radius 3 is 2.41 bits per heavy atom. The van der Waals surface area contributed by atoms with Crippen molar-refractivity contribution in [3.8, 4) is 28.7 Å². The Bertz CT molecular complexity index is 2970. The molecule has 18 nitrogen and oxygen atoms in total. The summed E-state index contributed by atoms with van der Waals surface area (Å²) in [4.78, 5) is 79.4. The van der Waals surface area contributed by atoms with E-state index >= 15 is 0 Å². The molecule has 0 bridgehead atoms. The predicted octanol–water partition coefficient (Wildman–Crippen LogP) is 4.55. The van der Waals surface area contributed by atoms with Gasteiger partial charge in [-0.3, -0.25) is 34.2 Å². The molecule has 2 aromatic carbocycles. The van der Waals surface area contributed by atoms with E-state index in [4.69, 9.17) is 14.5 Å². The maximum atomic E-state index is 14.9. The number of carbonyl (C=O) groups is 5. The van der Waals surface area contributed by atoms with Gasteiger partial charge >= 0.3 is 0 Å². The lowest BCUT2D eigenvalue weighted by Crippen LogP contribution is -2.62. The maximum Gasteiger partial charge on any atom is 0.255 e. The maximum absolute atomic E-state index is 14.9. The second-order valence-corrected chi connectivity index (χ2v) is 19.5. The van der Waals surface area contributed by atoms with Crippen molar-refractivity contribution >= 4 is 40.9 Å². The quantitative estimate of drug-likeness (QED) is 0.147. The van der Waals surface area contributed by atoms with Crippen molar-refractivity contribution in [3.05, 3.63) is 107 Å². The van der Waals surface area contributed by atoms with Crippen molar-refractivity contribution in [2.45, 2.75) is 76.1 Å². The van der Waals surface area contributed by atoms with Crippen LogP contribution < -0.4 is 25.0 Å². The van der Waals surface area contributed by atoms with Gasteiger partial charge in [0.15, 0.2) is 0 Å². The van der Waals surface area contributed by atoms with Crippen LogP contribution in [-0.4, -0.2) is 153 Å². The average Bonchev–Trinajstić information content (AvgIpc) is 3.96. The van der Waals surface area contributed by atoms with Gasteiger partial charge in [0.2, 0.25) is 17.7 Å². The fourth-order valence-electron chi connectivity index (χ4n) is 10.9. The number of piperazine rings is 1. The molecule has 0 spiro atoms. The van der Waals surface area contributed by atoms with Gasteiger partial charge in [-0.2, -0.15) is 10.4 Å². The number of halogens is 2. The number of piperidine rings is 3. The molecule has 73 heavy (non-hydrogen) atoms. The first-order chi connectivity index (χ1) is 35.3. The number of pyridine rings is 2. The van der Waals surface area contributed by atoms with Gasteiger partial charge in [-0.1, -0.05) is 0 Å². The number of likely N-dealkylation sites (tertiary alicyclic amines) is 1. The number of fused-ring (bicyclic) bond motifs is 2. The molecule has 4 fully saturated rings. The highest BCUT2D eigenvalue weighted by Gasteiger charge is 2.41. The molecule has 5 aliphatic rings. The minimum atomic E-state index is -0.806. The Morgan fingerprint density at radius 1 is 0.890 bits per heavy atom. The first kappa shape index (κ1) is 49.1. The van der Waals surface area contributed by atoms with Crippen molar-refractivity contribution in [1.82, 2.24) is 44.8 Å². The van der Waals surface area contributed by atoms with Crippen LogP contribution >= 0.6 is 0 Å². The van der Waals surface area contributed by atoms with Gasteiger partial charge in [-0.05, 0) is 99.2 Å². The zero-order chi connectivity index (χ0) is 50.8. The number of carbonyl (C=O) groups excluding carboxylic acids is 5. The monoisotopic (exact) mass is 997 g/mol. The second-order valence-electron chi connectivity index (χ2n) is 19.5. The number of hydrogen-bond acceptors (Lipinski definition) is 13. The Labute approximate surface area is 420 Å². The number of hydrogen-bond donors (Lipinski definition) is 2. The molecule has 5 amide bonds. The van der Waals surface area contributed by atoms with E-state index in [2.05, 4.69) is 36.5 Å². The second kappa shape index (κ2) is 20.9. The molecule has 380 valence electrons. The Balaban J connectivity index is 0.715. The van der Waals surface area contributed by atoms with Crippen molar-refractivity contribution in [3.63, 3.8) is 0 Å².